The van der Waals surface area contributed by atoms with Crippen LogP contribution in [0, 0.1) is 11.6 Å². The number of hydrogen-bond acceptors (Lipinski definition) is 2. The van der Waals surface area contributed by atoms with Crippen LogP contribution >= 0.6 is 0 Å². The number of nitrogens with one attached hydrogen (secondary N) is 1. The summed E-state index contributed by atoms with van der Waals surface area (Å²) in [4.78, 5) is 1.78. The highest BCUT2D eigenvalue weighted by atomic mass is 19.1. The lowest BCUT2D eigenvalue weighted by atomic mass is 10.1. The zero-order valence-electron chi connectivity index (χ0n) is 12.8. The van der Waals surface area contributed by atoms with Crippen molar-refractivity contribution < 1.29 is 8.78 Å². The minimum atomic E-state index is -0.462. The van der Waals surface area contributed by atoms with Gasteiger partial charge in [0.2, 0.25) is 0 Å². The Labute approximate surface area is 121 Å². The van der Waals surface area contributed by atoms with Crippen LogP contribution in [-0.4, -0.2) is 19.6 Å². The van der Waals surface area contributed by atoms with Crippen LogP contribution in [0.25, 0.3) is 0 Å². The average Bonchev–Trinajstić information content (AvgIpc) is 2.42. The number of benzene rings is 1. The largest absolute Gasteiger partial charge is 0.367 e. The second-order valence-corrected chi connectivity index (χ2v) is 5.02. The standard InChI is InChI=1S/C16H26F2N2/c1-4-7-9-20(6-3)16-14(17)10-13(11-15(16)18)12-19-8-5-2/h10-11,19H,4-9,12H2,1-3H3. The van der Waals surface area contributed by atoms with Gasteiger partial charge in [0, 0.05) is 19.6 Å². The van der Waals surface area contributed by atoms with Crippen LogP contribution in [-0.2, 0) is 6.54 Å². The third kappa shape index (κ3) is 4.75. The van der Waals surface area contributed by atoms with Crippen molar-refractivity contribution >= 4 is 5.69 Å². The molecule has 0 aromatic heterocycles. The van der Waals surface area contributed by atoms with Gasteiger partial charge in [0.15, 0.2) is 0 Å². The minimum absolute atomic E-state index is 0.111. The van der Waals surface area contributed by atoms with E-state index in [4.69, 9.17) is 0 Å². The fourth-order valence-corrected chi connectivity index (χ4v) is 2.21. The van der Waals surface area contributed by atoms with Crippen LogP contribution in [0.4, 0.5) is 14.5 Å². The minimum Gasteiger partial charge on any atom is -0.367 e. The van der Waals surface area contributed by atoms with Gasteiger partial charge in [-0.2, -0.15) is 0 Å². The van der Waals surface area contributed by atoms with Crippen molar-refractivity contribution in [1.29, 1.82) is 0 Å². The van der Waals surface area contributed by atoms with Crippen molar-refractivity contribution in [3.8, 4) is 0 Å². The first-order valence-corrected chi connectivity index (χ1v) is 7.57. The molecular formula is C16H26F2N2. The van der Waals surface area contributed by atoms with E-state index in [1.54, 1.807) is 4.90 Å². The zero-order chi connectivity index (χ0) is 15.0. The predicted molar refractivity (Wildman–Crippen MR) is 81.2 cm³/mol. The smallest absolute Gasteiger partial charge is 0.149 e. The van der Waals surface area contributed by atoms with E-state index in [1.807, 2.05) is 6.92 Å². The number of rotatable bonds is 9. The Kier molecular flexibility index (Phi) is 7.52. The van der Waals surface area contributed by atoms with Gasteiger partial charge in [0.25, 0.3) is 0 Å². The normalized spacial score (nSPS) is 10.8. The molecule has 0 heterocycles. The Balaban J connectivity index is 2.86. The van der Waals surface area contributed by atoms with E-state index in [-0.39, 0.29) is 5.69 Å². The first-order valence-electron chi connectivity index (χ1n) is 7.57. The molecule has 0 atom stereocenters. The van der Waals surface area contributed by atoms with E-state index in [2.05, 4.69) is 19.2 Å². The number of nitrogens with zero attached hydrogens (tertiary/aromatic N) is 1. The van der Waals surface area contributed by atoms with Crippen LogP contribution in [0.15, 0.2) is 12.1 Å². The maximum atomic E-state index is 14.2. The SMILES string of the molecule is CCCCN(CC)c1c(F)cc(CNCCC)cc1F. The second-order valence-electron chi connectivity index (χ2n) is 5.02. The van der Waals surface area contributed by atoms with E-state index in [0.717, 1.165) is 25.8 Å². The van der Waals surface area contributed by atoms with E-state index < -0.39 is 11.6 Å². The fourth-order valence-electron chi connectivity index (χ4n) is 2.21. The zero-order valence-corrected chi connectivity index (χ0v) is 12.8. The molecular weight excluding hydrogens is 258 g/mol. The summed E-state index contributed by atoms with van der Waals surface area (Å²) >= 11 is 0. The molecule has 1 rings (SSSR count). The van der Waals surface area contributed by atoms with Crippen LogP contribution in [0.5, 0.6) is 0 Å². The maximum absolute atomic E-state index is 14.2. The molecule has 1 aromatic rings. The molecule has 20 heavy (non-hydrogen) atoms. The Morgan fingerprint density at radius 2 is 1.70 bits per heavy atom. The Hall–Kier alpha value is -1.16. The van der Waals surface area contributed by atoms with Gasteiger partial charge in [-0.05, 0) is 44.0 Å². The summed E-state index contributed by atoms with van der Waals surface area (Å²) in [6.07, 6.45) is 2.95. The molecule has 0 aliphatic carbocycles. The highest BCUT2D eigenvalue weighted by Gasteiger charge is 2.16. The van der Waals surface area contributed by atoms with Gasteiger partial charge in [0.1, 0.15) is 17.3 Å². The average molecular weight is 284 g/mol. The maximum Gasteiger partial charge on any atom is 0.149 e. The summed E-state index contributed by atoms with van der Waals surface area (Å²) in [7, 11) is 0. The quantitative estimate of drug-likeness (QED) is 0.687. The number of hydrogen-bond donors (Lipinski definition) is 1. The molecule has 1 aromatic carbocycles. The monoisotopic (exact) mass is 284 g/mol. The molecule has 0 aliphatic rings. The van der Waals surface area contributed by atoms with Gasteiger partial charge in [-0.15, -0.1) is 0 Å². The van der Waals surface area contributed by atoms with Crippen molar-refractivity contribution in [2.75, 3.05) is 24.5 Å². The summed E-state index contributed by atoms with van der Waals surface area (Å²) in [6, 6.07) is 2.88. The molecule has 1 N–H and O–H groups in total. The highest BCUT2D eigenvalue weighted by Crippen LogP contribution is 2.25. The van der Waals surface area contributed by atoms with Crippen molar-refractivity contribution in [1.82, 2.24) is 5.32 Å². The van der Waals surface area contributed by atoms with Crippen molar-refractivity contribution in [3.05, 3.63) is 29.3 Å². The molecule has 0 bridgehead atoms. The summed E-state index contributed by atoms with van der Waals surface area (Å²) < 4.78 is 28.4. The molecule has 0 aliphatic heterocycles. The molecule has 4 heteroatoms. The van der Waals surface area contributed by atoms with Gasteiger partial charge in [0.05, 0.1) is 0 Å². The van der Waals surface area contributed by atoms with Gasteiger partial charge >= 0.3 is 0 Å². The van der Waals surface area contributed by atoms with Crippen LogP contribution in [0.3, 0.4) is 0 Å². The topological polar surface area (TPSA) is 15.3 Å². The predicted octanol–water partition coefficient (Wildman–Crippen LogP) is 4.09. The van der Waals surface area contributed by atoms with Crippen LogP contribution < -0.4 is 10.2 Å². The van der Waals surface area contributed by atoms with Gasteiger partial charge < -0.3 is 10.2 Å². The highest BCUT2D eigenvalue weighted by molar-refractivity contribution is 5.50. The number of unbranched alkanes of at least 4 members (excludes halogenated alkanes) is 1. The molecule has 0 spiro atoms. The summed E-state index contributed by atoms with van der Waals surface area (Å²) in [6.45, 7) is 8.71. The third-order valence-corrected chi connectivity index (χ3v) is 3.31. The van der Waals surface area contributed by atoms with E-state index >= 15 is 0 Å². The lowest BCUT2D eigenvalue weighted by Gasteiger charge is -2.24. The van der Waals surface area contributed by atoms with Crippen LogP contribution in [0.2, 0.25) is 0 Å². The van der Waals surface area contributed by atoms with Crippen LogP contribution in [0.1, 0.15) is 45.6 Å². The number of halogens is 2. The molecule has 0 amide bonds. The Bertz CT molecular complexity index is 384. The van der Waals surface area contributed by atoms with Crippen molar-refractivity contribution in [3.63, 3.8) is 0 Å². The molecule has 0 fully saturated rings. The first-order chi connectivity index (χ1) is 9.63. The summed E-state index contributed by atoms with van der Waals surface area (Å²) in [5, 5.41) is 3.16. The Morgan fingerprint density at radius 1 is 1.05 bits per heavy atom. The van der Waals surface area contributed by atoms with Gasteiger partial charge in [-0.1, -0.05) is 20.3 Å². The Morgan fingerprint density at radius 3 is 2.20 bits per heavy atom. The molecule has 114 valence electrons. The lowest BCUT2D eigenvalue weighted by molar-refractivity contribution is 0.561. The van der Waals surface area contributed by atoms with Gasteiger partial charge in [-0.3, -0.25) is 0 Å². The fraction of sp³-hybridized carbons (Fsp3) is 0.625. The van der Waals surface area contributed by atoms with Crippen molar-refractivity contribution in [2.45, 2.75) is 46.6 Å². The molecule has 0 unspecified atom stereocenters. The van der Waals surface area contributed by atoms with Crippen molar-refractivity contribution in [2.24, 2.45) is 0 Å². The number of anilines is 1. The molecule has 2 nitrogen and oxygen atoms in total. The second kappa shape index (κ2) is 8.90. The molecule has 0 saturated carbocycles. The van der Waals surface area contributed by atoms with E-state index in [0.29, 0.717) is 25.2 Å². The summed E-state index contributed by atoms with van der Waals surface area (Å²) in [5.74, 6) is -0.924. The third-order valence-electron chi connectivity index (χ3n) is 3.31. The first kappa shape index (κ1) is 16.9. The summed E-state index contributed by atoms with van der Waals surface area (Å²) in [5.41, 5.74) is 0.768. The van der Waals surface area contributed by atoms with Gasteiger partial charge in [-0.25, -0.2) is 8.78 Å². The van der Waals surface area contributed by atoms with E-state index in [9.17, 15) is 8.78 Å². The lowest BCUT2D eigenvalue weighted by Crippen LogP contribution is -2.26. The molecule has 0 saturated heterocycles. The molecule has 0 radical (unpaired) electrons. The van der Waals surface area contributed by atoms with E-state index in [1.165, 1.54) is 12.1 Å².